The summed E-state index contributed by atoms with van der Waals surface area (Å²) in [5.74, 6) is -0.109. The Morgan fingerprint density at radius 1 is 1.44 bits per heavy atom. The van der Waals surface area contributed by atoms with Gasteiger partial charge >= 0.3 is 5.97 Å². The molecule has 18 heavy (non-hydrogen) atoms. The van der Waals surface area contributed by atoms with Gasteiger partial charge in [0.05, 0.1) is 7.11 Å². The lowest BCUT2D eigenvalue weighted by Crippen LogP contribution is -2.11. The van der Waals surface area contributed by atoms with Crippen LogP contribution in [0.1, 0.15) is 6.92 Å². The molecule has 2 aromatic rings. The summed E-state index contributed by atoms with van der Waals surface area (Å²) in [7, 11) is 1.60. The van der Waals surface area contributed by atoms with E-state index in [-0.39, 0.29) is 0 Å². The average Bonchev–Trinajstić information content (AvgIpc) is 2.38. The Kier molecular flexibility index (Phi) is 3.72. The largest absolute Gasteiger partial charge is 0.497 e. The Morgan fingerprint density at radius 2 is 2.22 bits per heavy atom. The number of ether oxygens (including phenoxy) is 1. The predicted molar refractivity (Wildman–Crippen MR) is 71.2 cm³/mol. The van der Waals surface area contributed by atoms with Gasteiger partial charge in [-0.1, -0.05) is 17.8 Å². The molecule has 0 spiro atoms. The molecule has 1 unspecified atom stereocenters. The van der Waals surface area contributed by atoms with Gasteiger partial charge in [0, 0.05) is 11.6 Å². The van der Waals surface area contributed by atoms with Gasteiger partial charge in [0.1, 0.15) is 16.0 Å². The van der Waals surface area contributed by atoms with Crippen molar-refractivity contribution in [2.75, 3.05) is 7.11 Å². The third kappa shape index (κ3) is 2.56. The molecule has 0 saturated carbocycles. The number of pyridine rings is 1. The number of aliphatic carboxylic acids is 1. The number of aromatic nitrogens is 1. The summed E-state index contributed by atoms with van der Waals surface area (Å²) in [6, 6.07) is 7.58. The number of thioether (sulfide) groups is 1. The SMILES string of the molecule is COc1ccc2ccnc(SC(C)C(=O)O)c2c1. The first-order valence-corrected chi connectivity index (χ1v) is 6.32. The van der Waals surface area contributed by atoms with Crippen LogP contribution < -0.4 is 4.74 Å². The van der Waals surface area contributed by atoms with Crippen molar-refractivity contribution in [1.29, 1.82) is 0 Å². The zero-order valence-electron chi connectivity index (χ0n) is 10.1. The van der Waals surface area contributed by atoms with E-state index in [0.29, 0.717) is 5.03 Å². The maximum Gasteiger partial charge on any atom is 0.316 e. The molecule has 1 aromatic carbocycles. The third-order valence-corrected chi connectivity index (χ3v) is 3.68. The molecule has 0 aliphatic carbocycles. The number of fused-ring (bicyclic) bond motifs is 1. The van der Waals surface area contributed by atoms with E-state index in [1.807, 2.05) is 24.3 Å². The molecule has 0 aliphatic rings. The molecule has 1 aromatic heterocycles. The van der Waals surface area contributed by atoms with E-state index < -0.39 is 11.2 Å². The smallest absolute Gasteiger partial charge is 0.316 e. The van der Waals surface area contributed by atoms with Gasteiger partial charge in [-0.3, -0.25) is 4.79 Å². The van der Waals surface area contributed by atoms with Crippen molar-refractivity contribution >= 4 is 28.5 Å². The number of carbonyl (C=O) groups is 1. The van der Waals surface area contributed by atoms with Crippen LogP contribution >= 0.6 is 11.8 Å². The number of nitrogens with zero attached hydrogens (tertiary/aromatic N) is 1. The number of rotatable bonds is 4. The Labute approximate surface area is 109 Å². The number of carboxylic acids is 1. The van der Waals surface area contributed by atoms with Crippen LogP contribution in [0.2, 0.25) is 0 Å². The van der Waals surface area contributed by atoms with Crippen LogP contribution in [-0.2, 0) is 4.79 Å². The molecule has 0 aliphatic heterocycles. The molecule has 0 amide bonds. The number of hydrogen-bond donors (Lipinski definition) is 1. The standard InChI is InChI=1S/C13H13NO3S/c1-8(13(15)16)18-12-11-7-10(17-2)4-3-9(11)5-6-14-12/h3-8H,1-2H3,(H,15,16). The highest BCUT2D eigenvalue weighted by Crippen LogP contribution is 2.31. The molecule has 4 nitrogen and oxygen atoms in total. The summed E-state index contributed by atoms with van der Waals surface area (Å²) in [5, 5.41) is 11.1. The summed E-state index contributed by atoms with van der Waals surface area (Å²) < 4.78 is 5.18. The second-order valence-corrected chi connectivity index (χ2v) is 5.13. The van der Waals surface area contributed by atoms with Crippen LogP contribution in [0, 0.1) is 0 Å². The van der Waals surface area contributed by atoms with E-state index in [2.05, 4.69) is 4.98 Å². The van der Waals surface area contributed by atoms with Crippen LogP contribution in [0.5, 0.6) is 5.75 Å². The highest BCUT2D eigenvalue weighted by atomic mass is 32.2. The lowest BCUT2D eigenvalue weighted by atomic mass is 10.2. The van der Waals surface area contributed by atoms with Crippen LogP contribution in [0.3, 0.4) is 0 Å². The molecule has 2 rings (SSSR count). The van der Waals surface area contributed by atoms with Crippen molar-refractivity contribution in [2.45, 2.75) is 17.2 Å². The lowest BCUT2D eigenvalue weighted by Gasteiger charge is -2.09. The summed E-state index contributed by atoms with van der Waals surface area (Å²) in [5.41, 5.74) is 0. The summed E-state index contributed by atoms with van der Waals surface area (Å²) in [4.78, 5) is 15.1. The zero-order valence-corrected chi connectivity index (χ0v) is 10.9. The summed E-state index contributed by atoms with van der Waals surface area (Å²) >= 11 is 1.23. The fraction of sp³-hybridized carbons (Fsp3) is 0.231. The Balaban J connectivity index is 2.46. The molecule has 94 valence electrons. The second-order valence-electron chi connectivity index (χ2n) is 3.80. The number of carboxylic acid groups (broad SMARTS) is 1. The van der Waals surface area contributed by atoms with Gasteiger partial charge < -0.3 is 9.84 Å². The van der Waals surface area contributed by atoms with Crippen molar-refractivity contribution in [3.05, 3.63) is 30.5 Å². The summed E-state index contributed by atoms with van der Waals surface area (Å²) in [6.07, 6.45) is 1.69. The summed E-state index contributed by atoms with van der Waals surface area (Å²) in [6.45, 7) is 1.65. The Bertz CT molecular complexity index is 585. The molecule has 0 fully saturated rings. The van der Waals surface area contributed by atoms with Crippen LogP contribution in [0.25, 0.3) is 10.8 Å². The van der Waals surface area contributed by atoms with Gasteiger partial charge in [-0.25, -0.2) is 4.98 Å². The fourth-order valence-electron chi connectivity index (χ4n) is 1.56. The number of hydrogen-bond acceptors (Lipinski definition) is 4. The third-order valence-electron chi connectivity index (χ3n) is 2.57. The maximum atomic E-state index is 10.9. The maximum absolute atomic E-state index is 10.9. The van der Waals surface area contributed by atoms with Crippen molar-refractivity contribution in [1.82, 2.24) is 4.98 Å². The molecule has 0 radical (unpaired) electrons. The van der Waals surface area contributed by atoms with E-state index in [0.717, 1.165) is 16.5 Å². The van der Waals surface area contributed by atoms with E-state index in [1.165, 1.54) is 11.8 Å². The van der Waals surface area contributed by atoms with Crippen molar-refractivity contribution in [2.24, 2.45) is 0 Å². The highest BCUT2D eigenvalue weighted by Gasteiger charge is 2.15. The minimum atomic E-state index is -0.846. The number of methoxy groups -OCH3 is 1. The Morgan fingerprint density at radius 3 is 2.89 bits per heavy atom. The van der Waals surface area contributed by atoms with Crippen LogP contribution in [-0.4, -0.2) is 28.4 Å². The lowest BCUT2D eigenvalue weighted by molar-refractivity contribution is -0.136. The normalized spacial score (nSPS) is 12.3. The van der Waals surface area contributed by atoms with Gasteiger partial charge in [0.2, 0.25) is 0 Å². The molecule has 0 saturated heterocycles. The fourth-order valence-corrected chi connectivity index (χ4v) is 2.42. The topological polar surface area (TPSA) is 59.4 Å². The van der Waals surface area contributed by atoms with Gasteiger partial charge in [-0.05, 0) is 30.5 Å². The second kappa shape index (κ2) is 5.27. The van der Waals surface area contributed by atoms with E-state index in [1.54, 1.807) is 20.2 Å². The zero-order chi connectivity index (χ0) is 13.1. The van der Waals surface area contributed by atoms with E-state index in [4.69, 9.17) is 9.84 Å². The van der Waals surface area contributed by atoms with Crippen LogP contribution in [0.15, 0.2) is 35.5 Å². The predicted octanol–water partition coefficient (Wildman–Crippen LogP) is 2.81. The highest BCUT2D eigenvalue weighted by molar-refractivity contribution is 8.00. The van der Waals surface area contributed by atoms with Crippen molar-refractivity contribution in [3.8, 4) is 5.75 Å². The average molecular weight is 263 g/mol. The molecule has 5 heteroatoms. The molecule has 1 atom stereocenters. The first kappa shape index (κ1) is 12.7. The first-order valence-electron chi connectivity index (χ1n) is 5.44. The monoisotopic (exact) mass is 263 g/mol. The van der Waals surface area contributed by atoms with Gasteiger partial charge in [-0.15, -0.1) is 0 Å². The van der Waals surface area contributed by atoms with Gasteiger partial charge in [0.25, 0.3) is 0 Å². The van der Waals surface area contributed by atoms with Crippen molar-refractivity contribution < 1.29 is 14.6 Å². The molecule has 1 N–H and O–H groups in total. The quantitative estimate of drug-likeness (QED) is 0.859. The first-order chi connectivity index (χ1) is 8.61. The van der Waals surface area contributed by atoms with Gasteiger partial charge in [0.15, 0.2) is 0 Å². The molecular formula is C13H13NO3S. The van der Waals surface area contributed by atoms with E-state index >= 15 is 0 Å². The van der Waals surface area contributed by atoms with E-state index in [9.17, 15) is 4.79 Å². The number of benzene rings is 1. The minimum Gasteiger partial charge on any atom is -0.497 e. The van der Waals surface area contributed by atoms with Crippen molar-refractivity contribution in [3.63, 3.8) is 0 Å². The molecule has 1 heterocycles. The Hall–Kier alpha value is -1.75. The minimum absolute atomic E-state index is 0.533. The molecular weight excluding hydrogens is 250 g/mol. The molecule has 0 bridgehead atoms. The van der Waals surface area contributed by atoms with Crippen LogP contribution in [0.4, 0.5) is 0 Å². The van der Waals surface area contributed by atoms with Gasteiger partial charge in [-0.2, -0.15) is 0 Å².